The Morgan fingerprint density at radius 3 is 2.65 bits per heavy atom. The van der Waals surface area contributed by atoms with Gasteiger partial charge in [0.2, 0.25) is 0 Å². The maximum Gasteiger partial charge on any atom is 0.251 e. The van der Waals surface area contributed by atoms with Gasteiger partial charge in [0.15, 0.2) is 0 Å². The molecule has 0 saturated heterocycles. The van der Waals surface area contributed by atoms with E-state index in [1.807, 2.05) is 39.0 Å². The molecular weight excluding hydrogens is 272 g/mol. The van der Waals surface area contributed by atoms with Gasteiger partial charge in [-0.25, -0.2) is 0 Å². The molecule has 0 aliphatic rings. The number of carbonyl (C=O) groups is 1. The molecule has 0 aliphatic carbocycles. The van der Waals surface area contributed by atoms with Crippen molar-refractivity contribution in [3.05, 3.63) is 29.3 Å². The van der Waals surface area contributed by atoms with Crippen LogP contribution in [-0.4, -0.2) is 34.7 Å². The quantitative estimate of drug-likeness (QED) is 0.812. The van der Waals surface area contributed by atoms with Gasteiger partial charge in [-0.2, -0.15) is 0 Å². The van der Waals surface area contributed by atoms with E-state index in [1.54, 1.807) is 6.26 Å². The molecule has 0 bridgehead atoms. The fourth-order valence-electron chi connectivity index (χ4n) is 1.88. The zero-order valence-electron chi connectivity index (χ0n) is 12.7. The van der Waals surface area contributed by atoms with Crippen LogP contribution >= 0.6 is 0 Å². The van der Waals surface area contributed by atoms with Gasteiger partial charge in [-0.1, -0.05) is 6.92 Å². The fourth-order valence-corrected chi connectivity index (χ4v) is 2.33. The highest BCUT2D eigenvalue weighted by molar-refractivity contribution is 7.84. The van der Waals surface area contributed by atoms with Gasteiger partial charge in [-0.05, 0) is 44.0 Å². The first-order valence-electron chi connectivity index (χ1n) is 6.90. The molecule has 2 unspecified atom stereocenters. The van der Waals surface area contributed by atoms with Crippen molar-refractivity contribution in [2.45, 2.75) is 32.4 Å². The van der Waals surface area contributed by atoms with Crippen molar-refractivity contribution < 1.29 is 9.00 Å². The third-order valence-corrected chi connectivity index (χ3v) is 4.62. The summed E-state index contributed by atoms with van der Waals surface area (Å²) in [6.07, 6.45) is 2.42. The van der Waals surface area contributed by atoms with Crippen molar-refractivity contribution >= 4 is 22.4 Å². The fraction of sp³-hybridized carbons (Fsp3) is 0.533. The first-order valence-corrected chi connectivity index (χ1v) is 8.52. The van der Waals surface area contributed by atoms with E-state index in [1.165, 1.54) is 0 Å². The molecule has 0 aliphatic heterocycles. The van der Waals surface area contributed by atoms with Crippen LogP contribution in [-0.2, 0) is 10.8 Å². The van der Waals surface area contributed by atoms with Crippen LogP contribution in [0.1, 0.15) is 36.2 Å². The van der Waals surface area contributed by atoms with Crippen LogP contribution in [0.4, 0.5) is 5.69 Å². The highest BCUT2D eigenvalue weighted by Crippen LogP contribution is 2.15. The van der Waals surface area contributed by atoms with Crippen molar-refractivity contribution in [2.75, 3.05) is 24.7 Å². The summed E-state index contributed by atoms with van der Waals surface area (Å²) < 4.78 is 11.2. The molecule has 20 heavy (non-hydrogen) atoms. The first kappa shape index (κ1) is 16.7. The number of carbonyl (C=O) groups excluding carboxylic acids is 1. The van der Waals surface area contributed by atoms with Crippen LogP contribution in [0.5, 0.6) is 0 Å². The topological polar surface area (TPSA) is 58.2 Å². The van der Waals surface area contributed by atoms with E-state index in [0.717, 1.165) is 24.2 Å². The number of rotatable bonds is 7. The number of amides is 1. The minimum atomic E-state index is -0.839. The van der Waals surface area contributed by atoms with Crippen molar-refractivity contribution in [2.24, 2.45) is 0 Å². The smallest absolute Gasteiger partial charge is 0.251 e. The molecule has 0 saturated carbocycles. The Kier molecular flexibility index (Phi) is 6.71. The minimum absolute atomic E-state index is 0.0698. The SMILES string of the molecule is CCNc1ccc(C(=O)NCCC(C)S(C)=O)c(C)c1. The summed E-state index contributed by atoms with van der Waals surface area (Å²) in [6, 6.07) is 5.72. The third kappa shape index (κ3) is 4.96. The Bertz CT molecular complexity index is 489. The lowest BCUT2D eigenvalue weighted by Crippen LogP contribution is -2.28. The van der Waals surface area contributed by atoms with Gasteiger partial charge in [0.25, 0.3) is 5.91 Å². The molecule has 0 fully saturated rings. The third-order valence-electron chi connectivity index (χ3n) is 3.25. The van der Waals surface area contributed by atoms with E-state index >= 15 is 0 Å². The minimum Gasteiger partial charge on any atom is -0.385 e. The normalized spacial score (nSPS) is 13.6. The predicted octanol–water partition coefficient (Wildman–Crippen LogP) is 2.31. The molecule has 112 valence electrons. The van der Waals surface area contributed by atoms with Crippen LogP contribution < -0.4 is 10.6 Å². The second kappa shape index (κ2) is 8.04. The second-order valence-electron chi connectivity index (χ2n) is 4.91. The standard InChI is InChI=1S/C15H24N2O2S/c1-5-16-13-6-7-14(11(2)10-13)15(18)17-9-8-12(3)20(4)19/h6-7,10,12,16H,5,8-9H2,1-4H3,(H,17,18). The Balaban J connectivity index is 2.57. The molecule has 4 nitrogen and oxygen atoms in total. The molecule has 1 aromatic rings. The molecular formula is C15H24N2O2S. The number of aryl methyl sites for hydroxylation is 1. The van der Waals surface area contributed by atoms with Gasteiger partial charge >= 0.3 is 0 Å². The first-order chi connectivity index (χ1) is 9.45. The molecule has 0 radical (unpaired) electrons. The van der Waals surface area contributed by atoms with Crippen molar-refractivity contribution in [1.29, 1.82) is 0 Å². The van der Waals surface area contributed by atoms with E-state index in [2.05, 4.69) is 10.6 Å². The molecule has 1 amide bonds. The van der Waals surface area contributed by atoms with Gasteiger partial charge in [0, 0.05) is 46.6 Å². The Hall–Kier alpha value is -1.36. The molecule has 0 aromatic heterocycles. The molecule has 0 spiro atoms. The molecule has 2 atom stereocenters. The zero-order valence-corrected chi connectivity index (χ0v) is 13.5. The average Bonchev–Trinajstić information content (AvgIpc) is 2.38. The van der Waals surface area contributed by atoms with Crippen molar-refractivity contribution in [1.82, 2.24) is 5.32 Å². The van der Waals surface area contributed by atoms with Crippen LogP contribution in [0.25, 0.3) is 0 Å². The lowest BCUT2D eigenvalue weighted by atomic mass is 10.1. The number of hydrogen-bond acceptors (Lipinski definition) is 3. The average molecular weight is 296 g/mol. The maximum absolute atomic E-state index is 12.1. The number of benzene rings is 1. The monoisotopic (exact) mass is 296 g/mol. The highest BCUT2D eigenvalue weighted by atomic mass is 32.2. The summed E-state index contributed by atoms with van der Waals surface area (Å²) in [5, 5.41) is 6.21. The Morgan fingerprint density at radius 1 is 1.40 bits per heavy atom. The van der Waals surface area contributed by atoms with E-state index in [0.29, 0.717) is 12.1 Å². The van der Waals surface area contributed by atoms with Gasteiger partial charge < -0.3 is 10.6 Å². The molecule has 2 N–H and O–H groups in total. The Morgan fingerprint density at radius 2 is 2.10 bits per heavy atom. The van der Waals surface area contributed by atoms with E-state index in [9.17, 15) is 9.00 Å². The molecule has 0 heterocycles. The summed E-state index contributed by atoms with van der Waals surface area (Å²) >= 11 is 0. The van der Waals surface area contributed by atoms with Gasteiger partial charge in [-0.3, -0.25) is 9.00 Å². The molecule has 5 heteroatoms. The summed E-state index contributed by atoms with van der Waals surface area (Å²) in [7, 11) is -0.839. The van der Waals surface area contributed by atoms with Gasteiger partial charge in [0.1, 0.15) is 0 Å². The van der Waals surface area contributed by atoms with E-state index in [4.69, 9.17) is 0 Å². The second-order valence-corrected chi connectivity index (χ2v) is 6.72. The zero-order chi connectivity index (χ0) is 15.1. The van der Waals surface area contributed by atoms with Crippen molar-refractivity contribution in [3.8, 4) is 0 Å². The van der Waals surface area contributed by atoms with Gasteiger partial charge in [0.05, 0.1) is 0 Å². The highest BCUT2D eigenvalue weighted by Gasteiger charge is 2.11. The van der Waals surface area contributed by atoms with Gasteiger partial charge in [-0.15, -0.1) is 0 Å². The van der Waals surface area contributed by atoms with E-state index < -0.39 is 10.8 Å². The summed E-state index contributed by atoms with van der Waals surface area (Å²) in [5.74, 6) is -0.0698. The lowest BCUT2D eigenvalue weighted by molar-refractivity contribution is 0.0952. The number of hydrogen-bond donors (Lipinski definition) is 2. The molecule has 1 rings (SSSR count). The lowest BCUT2D eigenvalue weighted by Gasteiger charge is -2.12. The van der Waals surface area contributed by atoms with Crippen molar-refractivity contribution in [3.63, 3.8) is 0 Å². The summed E-state index contributed by atoms with van der Waals surface area (Å²) in [4.78, 5) is 12.1. The largest absolute Gasteiger partial charge is 0.385 e. The number of anilines is 1. The van der Waals surface area contributed by atoms with Crippen LogP contribution in [0.15, 0.2) is 18.2 Å². The summed E-state index contributed by atoms with van der Waals surface area (Å²) in [6.45, 7) is 7.30. The molecule has 1 aromatic carbocycles. The number of nitrogens with one attached hydrogen (secondary N) is 2. The Labute approximate surface area is 123 Å². The maximum atomic E-state index is 12.1. The summed E-state index contributed by atoms with van der Waals surface area (Å²) in [5.41, 5.74) is 2.67. The van der Waals surface area contributed by atoms with Crippen LogP contribution in [0, 0.1) is 6.92 Å². The predicted molar refractivity (Wildman–Crippen MR) is 85.8 cm³/mol. The van der Waals surface area contributed by atoms with Crippen LogP contribution in [0.2, 0.25) is 0 Å². The van der Waals surface area contributed by atoms with Crippen LogP contribution in [0.3, 0.4) is 0 Å². The van der Waals surface area contributed by atoms with E-state index in [-0.39, 0.29) is 11.2 Å².